The second kappa shape index (κ2) is 9.18. The largest absolute Gasteiger partial charge is 0.489 e. The second-order valence-corrected chi connectivity index (χ2v) is 7.85. The van der Waals surface area contributed by atoms with Crippen molar-refractivity contribution in [3.63, 3.8) is 0 Å². The Morgan fingerprint density at radius 1 is 1.30 bits per heavy atom. The van der Waals surface area contributed by atoms with Gasteiger partial charge in [-0.15, -0.1) is 0 Å². The minimum Gasteiger partial charge on any atom is -0.489 e. The van der Waals surface area contributed by atoms with Gasteiger partial charge in [0.25, 0.3) is 5.91 Å². The fourth-order valence-electron chi connectivity index (χ4n) is 3.54. The van der Waals surface area contributed by atoms with E-state index in [4.69, 9.17) is 33.1 Å². The number of rotatable bonds is 7. The van der Waals surface area contributed by atoms with Crippen LogP contribution >= 0.6 is 23.2 Å². The minimum atomic E-state index is -1.14. The summed E-state index contributed by atoms with van der Waals surface area (Å²) in [5, 5.41) is 19.4. The number of likely N-dealkylation sites (tertiary alicyclic amines) is 1. The number of hydrogen-bond donors (Lipinski definition) is 3. The van der Waals surface area contributed by atoms with Crippen molar-refractivity contribution in [3.8, 4) is 5.75 Å². The molecular weight excluding hydrogens is 433 g/mol. The van der Waals surface area contributed by atoms with Gasteiger partial charge in [-0.25, -0.2) is 10.5 Å². The minimum absolute atomic E-state index is 0.229. The number of benzene rings is 1. The molecule has 0 saturated carbocycles. The highest BCUT2D eigenvalue weighted by Crippen LogP contribution is 2.37. The van der Waals surface area contributed by atoms with Crippen LogP contribution in [-0.4, -0.2) is 51.2 Å². The fourth-order valence-corrected chi connectivity index (χ4v) is 4.05. The van der Waals surface area contributed by atoms with Gasteiger partial charge >= 0.3 is 0 Å². The number of carbonyl (C=O) groups excluding carboxylic acids is 2. The molecule has 160 valence electrons. The van der Waals surface area contributed by atoms with Crippen LogP contribution in [0.1, 0.15) is 24.5 Å². The molecule has 0 aliphatic carbocycles. The van der Waals surface area contributed by atoms with E-state index in [1.807, 2.05) is 0 Å². The number of ether oxygens (including phenoxy) is 1. The van der Waals surface area contributed by atoms with Gasteiger partial charge in [0.05, 0.1) is 12.0 Å². The molecule has 1 saturated heterocycles. The van der Waals surface area contributed by atoms with Crippen molar-refractivity contribution in [2.24, 2.45) is 0 Å². The average molecular weight is 454 g/mol. The van der Waals surface area contributed by atoms with Crippen molar-refractivity contribution in [1.29, 1.82) is 0 Å². The van der Waals surface area contributed by atoms with E-state index in [-0.39, 0.29) is 29.4 Å². The highest BCUT2D eigenvalue weighted by atomic mass is 35.5. The summed E-state index contributed by atoms with van der Waals surface area (Å²) >= 11 is 11.8. The Morgan fingerprint density at radius 2 is 1.93 bits per heavy atom. The van der Waals surface area contributed by atoms with E-state index in [9.17, 15) is 14.7 Å². The van der Waals surface area contributed by atoms with E-state index >= 15 is 0 Å². The number of nitrogens with zero attached hydrogens (tertiary/aromatic N) is 2. The standard InChI is InChI=1S/C20H21Cl2N3O5/c1-12(18(27)24-29)25-7-6-20(11-26,19(25)28)14-2-4-15(5-3-14)30-10-13-8-16(21)23-17(22)9-13/h2-5,8-9,12,26,29H,6-7,10-11H2,1H3,(H,24,27). The van der Waals surface area contributed by atoms with Crippen LogP contribution in [0.5, 0.6) is 5.75 Å². The molecule has 3 rings (SSSR count). The number of carbonyl (C=O) groups is 2. The molecule has 2 atom stereocenters. The molecule has 2 unspecified atom stereocenters. The molecule has 8 nitrogen and oxygen atoms in total. The van der Waals surface area contributed by atoms with Crippen molar-refractivity contribution in [2.45, 2.75) is 31.4 Å². The average Bonchev–Trinajstić information content (AvgIpc) is 3.08. The molecule has 1 aliphatic rings. The summed E-state index contributed by atoms with van der Waals surface area (Å²) in [5.74, 6) is -0.487. The van der Waals surface area contributed by atoms with E-state index in [2.05, 4.69) is 4.98 Å². The van der Waals surface area contributed by atoms with Gasteiger partial charge in [0.15, 0.2) is 0 Å². The molecule has 0 spiro atoms. The lowest BCUT2D eigenvalue weighted by Gasteiger charge is -2.28. The molecule has 0 radical (unpaired) electrons. The maximum Gasteiger partial charge on any atom is 0.265 e. The lowest BCUT2D eigenvalue weighted by atomic mass is 9.79. The first-order valence-electron chi connectivity index (χ1n) is 9.22. The van der Waals surface area contributed by atoms with Gasteiger partial charge in [0, 0.05) is 6.54 Å². The second-order valence-electron chi connectivity index (χ2n) is 7.07. The number of nitrogens with one attached hydrogen (secondary N) is 1. The summed E-state index contributed by atoms with van der Waals surface area (Å²) in [6.07, 6.45) is 0.347. The molecule has 2 heterocycles. The predicted octanol–water partition coefficient (Wildman–Crippen LogP) is 2.32. The summed E-state index contributed by atoms with van der Waals surface area (Å²) < 4.78 is 5.73. The van der Waals surface area contributed by atoms with Crippen molar-refractivity contribution >= 4 is 35.0 Å². The highest BCUT2D eigenvalue weighted by molar-refractivity contribution is 6.32. The van der Waals surface area contributed by atoms with Crippen LogP contribution in [0.15, 0.2) is 36.4 Å². The van der Waals surface area contributed by atoms with Crippen LogP contribution < -0.4 is 10.2 Å². The van der Waals surface area contributed by atoms with Crippen molar-refractivity contribution < 1.29 is 24.6 Å². The molecule has 2 amide bonds. The Hall–Kier alpha value is -2.39. The highest BCUT2D eigenvalue weighted by Gasteiger charge is 2.49. The van der Waals surface area contributed by atoms with Gasteiger partial charge in [0.2, 0.25) is 5.91 Å². The van der Waals surface area contributed by atoms with Crippen LogP contribution in [0.4, 0.5) is 0 Å². The first-order valence-corrected chi connectivity index (χ1v) is 9.97. The third-order valence-corrected chi connectivity index (χ3v) is 5.70. The monoisotopic (exact) mass is 453 g/mol. The fraction of sp³-hybridized carbons (Fsp3) is 0.350. The maximum absolute atomic E-state index is 13.0. The number of aliphatic hydroxyl groups excluding tert-OH is 1. The number of halogens is 2. The molecule has 3 N–H and O–H groups in total. The molecule has 1 aromatic carbocycles. The molecule has 10 heteroatoms. The molecule has 1 fully saturated rings. The smallest absolute Gasteiger partial charge is 0.265 e. The Labute approximate surface area is 183 Å². The van der Waals surface area contributed by atoms with Gasteiger partial charge in [0.1, 0.15) is 28.7 Å². The topological polar surface area (TPSA) is 112 Å². The summed E-state index contributed by atoms with van der Waals surface area (Å²) in [5.41, 5.74) is 1.79. The molecular formula is C20H21Cl2N3O5. The number of aromatic nitrogens is 1. The number of hydroxylamine groups is 1. The lowest BCUT2D eigenvalue weighted by Crippen LogP contribution is -2.49. The molecule has 1 aromatic heterocycles. The quantitative estimate of drug-likeness (QED) is 0.337. The van der Waals surface area contributed by atoms with Crippen molar-refractivity contribution in [3.05, 3.63) is 57.8 Å². The number of pyridine rings is 1. The number of amides is 2. The zero-order valence-corrected chi connectivity index (χ0v) is 17.7. The Bertz CT molecular complexity index is 920. The first-order chi connectivity index (χ1) is 14.3. The van der Waals surface area contributed by atoms with E-state index < -0.39 is 24.0 Å². The van der Waals surface area contributed by atoms with Crippen LogP contribution in [0.3, 0.4) is 0 Å². The Kier molecular flexibility index (Phi) is 6.82. The van der Waals surface area contributed by atoms with Crippen LogP contribution in [0.2, 0.25) is 10.3 Å². The maximum atomic E-state index is 13.0. The summed E-state index contributed by atoms with van der Waals surface area (Å²) in [6, 6.07) is 9.30. The third kappa shape index (κ3) is 4.37. The van der Waals surface area contributed by atoms with Gasteiger partial charge in [-0.3, -0.25) is 14.8 Å². The van der Waals surface area contributed by atoms with Crippen molar-refractivity contribution in [1.82, 2.24) is 15.4 Å². The first kappa shape index (κ1) is 22.3. The van der Waals surface area contributed by atoms with E-state index in [1.165, 1.54) is 11.8 Å². The lowest BCUT2D eigenvalue weighted by molar-refractivity contribution is -0.144. The molecule has 2 aromatic rings. The normalized spacial score (nSPS) is 19.6. The zero-order chi connectivity index (χ0) is 21.9. The van der Waals surface area contributed by atoms with Crippen LogP contribution in [-0.2, 0) is 21.6 Å². The van der Waals surface area contributed by atoms with Crippen LogP contribution in [0, 0.1) is 0 Å². The van der Waals surface area contributed by atoms with E-state index in [0.717, 1.165) is 5.56 Å². The Balaban J connectivity index is 1.74. The summed E-state index contributed by atoms with van der Waals surface area (Å²) in [6.45, 7) is 1.64. The summed E-state index contributed by atoms with van der Waals surface area (Å²) in [4.78, 5) is 30.0. The third-order valence-electron chi connectivity index (χ3n) is 5.31. The number of hydrogen-bond acceptors (Lipinski definition) is 6. The molecule has 0 bridgehead atoms. The van der Waals surface area contributed by atoms with Gasteiger partial charge in [-0.1, -0.05) is 35.3 Å². The van der Waals surface area contributed by atoms with E-state index in [1.54, 1.807) is 41.9 Å². The summed E-state index contributed by atoms with van der Waals surface area (Å²) in [7, 11) is 0. The zero-order valence-electron chi connectivity index (χ0n) is 16.1. The van der Waals surface area contributed by atoms with E-state index in [0.29, 0.717) is 17.7 Å². The van der Waals surface area contributed by atoms with Crippen LogP contribution in [0.25, 0.3) is 0 Å². The molecule has 1 aliphatic heterocycles. The number of aliphatic hydroxyl groups is 1. The SMILES string of the molecule is CC(C(=O)NO)N1CCC(CO)(c2ccc(OCc3cc(Cl)nc(Cl)c3)cc2)C1=O. The van der Waals surface area contributed by atoms with Gasteiger partial charge < -0.3 is 14.7 Å². The molecule has 30 heavy (non-hydrogen) atoms. The predicted molar refractivity (Wildman–Crippen MR) is 110 cm³/mol. The Morgan fingerprint density at radius 3 is 2.50 bits per heavy atom. The van der Waals surface area contributed by atoms with Gasteiger partial charge in [-0.05, 0) is 48.7 Å². The van der Waals surface area contributed by atoms with Gasteiger partial charge in [-0.2, -0.15) is 0 Å². The van der Waals surface area contributed by atoms with Crippen molar-refractivity contribution in [2.75, 3.05) is 13.2 Å².